The molecule has 0 fully saturated rings. The van der Waals surface area contributed by atoms with Crippen LogP contribution in [0.4, 0.5) is 8.78 Å². The SMILES string of the molecule is C=NC=C(N=C)c1cc(F)ccc1F. The fourth-order valence-corrected chi connectivity index (χ4v) is 0.976. The first-order valence-corrected chi connectivity index (χ1v) is 3.77. The third-order valence-electron chi connectivity index (χ3n) is 1.59. The van der Waals surface area contributed by atoms with Gasteiger partial charge >= 0.3 is 0 Å². The minimum atomic E-state index is -0.575. The number of hydrogen-bond acceptors (Lipinski definition) is 2. The summed E-state index contributed by atoms with van der Waals surface area (Å²) in [6.07, 6.45) is 1.21. The summed E-state index contributed by atoms with van der Waals surface area (Å²) in [6, 6.07) is 3.08. The lowest BCUT2D eigenvalue weighted by Crippen LogP contribution is -1.89. The van der Waals surface area contributed by atoms with Crippen LogP contribution < -0.4 is 0 Å². The van der Waals surface area contributed by atoms with Crippen molar-refractivity contribution in [2.75, 3.05) is 0 Å². The van der Waals surface area contributed by atoms with Gasteiger partial charge < -0.3 is 0 Å². The van der Waals surface area contributed by atoms with Gasteiger partial charge in [-0.2, -0.15) is 0 Å². The lowest BCUT2D eigenvalue weighted by atomic mass is 10.1. The van der Waals surface area contributed by atoms with Gasteiger partial charge in [-0.25, -0.2) is 8.78 Å². The van der Waals surface area contributed by atoms with Crippen molar-refractivity contribution in [3.63, 3.8) is 0 Å². The normalized spacial score (nSPS) is 11.1. The second kappa shape index (κ2) is 4.41. The van der Waals surface area contributed by atoms with Crippen molar-refractivity contribution in [2.24, 2.45) is 9.98 Å². The molecular weight excluding hydrogens is 186 g/mol. The second-order valence-corrected chi connectivity index (χ2v) is 2.48. The van der Waals surface area contributed by atoms with E-state index in [-0.39, 0.29) is 11.3 Å². The predicted molar refractivity (Wildman–Crippen MR) is 53.4 cm³/mol. The highest BCUT2D eigenvalue weighted by Gasteiger charge is 2.07. The Morgan fingerprint density at radius 1 is 1.29 bits per heavy atom. The van der Waals surface area contributed by atoms with E-state index in [9.17, 15) is 8.78 Å². The van der Waals surface area contributed by atoms with Gasteiger partial charge in [0.25, 0.3) is 0 Å². The van der Waals surface area contributed by atoms with Crippen molar-refractivity contribution < 1.29 is 8.78 Å². The van der Waals surface area contributed by atoms with Crippen molar-refractivity contribution >= 4 is 19.1 Å². The number of halogens is 2. The maximum atomic E-state index is 13.2. The van der Waals surface area contributed by atoms with Crippen LogP contribution in [0.1, 0.15) is 5.56 Å². The molecule has 0 spiro atoms. The van der Waals surface area contributed by atoms with E-state index in [4.69, 9.17) is 0 Å². The number of aliphatic imine (C=N–C) groups is 2. The van der Waals surface area contributed by atoms with E-state index in [1.807, 2.05) is 0 Å². The van der Waals surface area contributed by atoms with Crippen LogP contribution in [-0.2, 0) is 0 Å². The molecule has 0 amide bonds. The van der Waals surface area contributed by atoms with Gasteiger partial charge in [0.1, 0.15) is 11.6 Å². The maximum Gasteiger partial charge on any atom is 0.132 e. The topological polar surface area (TPSA) is 24.7 Å². The average Bonchev–Trinajstić information content (AvgIpc) is 2.18. The van der Waals surface area contributed by atoms with Crippen molar-refractivity contribution in [2.45, 2.75) is 0 Å². The zero-order valence-electron chi connectivity index (χ0n) is 7.37. The van der Waals surface area contributed by atoms with Gasteiger partial charge in [0.05, 0.1) is 11.9 Å². The third-order valence-corrected chi connectivity index (χ3v) is 1.59. The Labute approximate surface area is 80.3 Å². The summed E-state index contributed by atoms with van der Waals surface area (Å²) in [5.41, 5.74) is 0.171. The molecule has 0 aliphatic heterocycles. The predicted octanol–water partition coefficient (Wildman–Crippen LogP) is 2.66. The first-order chi connectivity index (χ1) is 6.69. The number of hydrogen-bond donors (Lipinski definition) is 0. The molecule has 1 aromatic rings. The summed E-state index contributed by atoms with van der Waals surface area (Å²) in [4.78, 5) is 6.94. The highest BCUT2D eigenvalue weighted by Crippen LogP contribution is 2.20. The molecule has 4 heteroatoms. The van der Waals surface area contributed by atoms with Crippen LogP contribution in [0.2, 0.25) is 0 Å². The molecule has 0 saturated carbocycles. The Morgan fingerprint density at radius 2 is 2.00 bits per heavy atom. The molecule has 1 rings (SSSR count). The largest absolute Gasteiger partial charge is 0.270 e. The molecule has 0 N–H and O–H groups in total. The van der Waals surface area contributed by atoms with Crippen LogP contribution in [0.3, 0.4) is 0 Å². The molecule has 0 saturated heterocycles. The Bertz CT molecular complexity index is 397. The minimum absolute atomic E-state index is 0.0207. The highest BCUT2D eigenvalue weighted by atomic mass is 19.1. The van der Waals surface area contributed by atoms with Gasteiger partial charge in [-0.1, -0.05) is 0 Å². The molecule has 0 atom stereocenters. The van der Waals surface area contributed by atoms with E-state index in [0.29, 0.717) is 0 Å². The van der Waals surface area contributed by atoms with E-state index >= 15 is 0 Å². The second-order valence-electron chi connectivity index (χ2n) is 2.48. The van der Waals surface area contributed by atoms with Gasteiger partial charge in [0, 0.05) is 5.56 Å². The number of benzene rings is 1. The van der Waals surface area contributed by atoms with Gasteiger partial charge in [0.2, 0.25) is 0 Å². The number of rotatable bonds is 3. The van der Waals surface area contributed by atoms with Crippen LogP contribution >= 0.6 is 0 Å². The number of nitrogens with zero attached hydrogens (tertiary/aromatic N) is 2. The molecule has 2 nitrogen and oxygen atoms in total. The smallest absolute Gasteiger partial charge is 0.132 e. The zero-order chi connectivity index (χ0) is 10.6. The van der Waals surface area contributed by atoms with E-state index in [2.05, 4.69) is 23.4 Å². The Kier molecular flexibility index (Phi) is 3.23. The van der Waals surface area contributed by atoms with Gasteiger partial charge in [-0.15, -0.1) is 0 Å². The Morgan fingerprint density at radius 3 is 2.57 bits per heavy atom. The van der Waals surface area contributed by atoms with E-state index in [1.165, 1.54) is 6.20 Å². The fourth-order valence-electron chi connectivity index (χ4n) is 0.976. The standard InChI is InChI=1S/C10H8F2N2/c1-13-6-10(14-2)8-5-7(11)3-4-9(8)12/h3-6H,1-2H2. The summed E-state index contributed by atoms with van der Waals surface area (Å²) < 4.78 is 26.0. The monoisotopic (exact) mass is 194 g/mol. The first-order valence-electron chi connectivity index (χ1n) is 3.77. The molecule has 0 unspecified atom stereocenters. The van der Waals surface area contributed by atoms with Gasteiger partial charge in [-0.05, 0) is 31.6 Å². The third kappa shape index (κ3) is 2.10. The average molecular weight is 194 g/mol. The van der Waals surface area contributed by atoms with Crippen molar-refractivity contribution in [3.8, 4) is 0 Å². The highest BCUT2D eigenvalue weighted by molar-refractivity contribution is 5.68. The Balaban J connectivity index is 3.28. The molecule has 0 aliphatic rings. The van der Waals surface area contributed by atoms with Crippen molar-refractivity contribution in [1.82, 2.24) is 0 Å². The quantitative estimate of drug-likeness (QED) is 0.661. The molecule has 14 heavy (non-hydrogen) atoms. The van der Waals surface area contributed by atoms with Crippen LogP contribution in [0.25, 0.3) is 5.70 Å². The lowest BCUT2D eigenvalue weighted by molar-refractivity contribution is 0.597. The molecule has 0 aliphatic carbocycles. The molecular formula is C10H8F2N2. The summed E-state index contributed by atoms with van der Waals surface area (Å²) in [7, 11) is 0. The van der Waals surface area contributed by atoms with E-state index < -0.39 is 11.6 Å². The molecule has 1 aromatic carbocycles. The van der Waals surface area contributed by atoms with Crippen LogP contribution in [0.15, 0.2) is 34.4 Å². The van der Waals surface area contributed by atoms with Crippen LogP contribution in [-0.4, -0.2) is 13.4 Å². The summed E-state index contributed by atoms with van der Waals surface area (Å²) in [6.45, 7) is 6.43. The minimum Gasteiger partial charge on any atom is -0.270 e. The molecule has 0 bridgehead atoms. The Hall–Kier alpha value is -1.84. The molecule has 0 radical (unpaired) electrons. The van der Waals surface area contributed by atoms with Gasteiger partial charge in [0.15, 0.2) is 0 Å². The zero-order valence-corrected chi connectivity index (χ0v) is 7.37. The van der Waals surface area contributed by atoms with Gasteiger partial charge in [-0.3, -0.25) is 9.98 Å². The molecule has 0 heterocycles. The van der Waals surface area contributed by atoms with Crippen LogP contribution in [0, 0.1) is 11.6 Å². The van der Waals surface area contributed by atoms with Crippen molar-refractivity contribution in [3.05, 3.63) is 41.6 Å². The summed E-state index contributed by atoms with van der Waals surface area (Å²) in [5.74, 6) is -1.12. The maximum absolute atomic E-state index is 13.2. The summed E-state index contributed by atoms with van der Waals surface area (Å²) in [5, 5.41) is 0. The molecule has 0 aromatic heterocycles. The van der Waals surface area contributed by atoms with E-state index in [1.54, 1.807) is 0 Å². The lowest BCUT2D eigenvalue weighted by Gasteiger charge is -2.01. The van der Waals surface area contributed by atoms with E-state index in [0.717, 1.165) is 18.2 Å². The fraction of sp³-hybridized carbons (Fsp3) is 0. The van der Waals surface area contributed by atoms with Crippen molar-refractivity contribution in [1.29, 1.82) is 0 Å². The van der Waals surface area contributed by atoms with Crippen LogP contribution in [0.5, 0.6) is 0 Å². The summed E-state index contributed by atoms with van der Waals surface area (Å²) >= 11 is 0. The first kappa shape index (κ1) is 10.2. The molecule has 72 valence electrons.